The van der Waals surface area contributed by atoms with Crippen LogP contribution in [0.4, 0.5) is 8.78 Å². The summed E-state index contributed by atoms with van der Waals surface area (Å²) < 4.78 is 28.9. The van der Waals surface area contributed by atoms with Gasteiger partial charge in [-0.2, -0.15) is 0 Å². The fourth-order valence-electron chi connectivity index (χ4n) is 1.84. The SMILES string of the molecule is Cn1ccn(CC(N)c2cc(F)ccc2F)c(=O)c1=O. The Labute approximate surface area is 112 Å². The van der Waals surface area contributed by atoms with Crippen LogP contribution in [0.2, 0.25) is 0 Å². The van der Waals surface area contributed by atoms with E-state index in [1.54, 1.807) is 0 Å². The molecule has 0 amide bonds. The maximum Gasteiger partial charge on any atom is 0.316 e. The molecular weight excluding hydrogens is 268 g/mol. The molecule has 7 heteroatoms. The van der Waals surface area contributed by atoms with Gasteiger partial charge in [-0.25, -0.2) is 8.78 Å². The number of rotatable bonds is 3. The van der Waals surface area contributed by atoms with Crippen LogP contribution in [0.1, 0.15) is 11.6 Å². The largest absolute Gasteiger partial charge is 0.322 e. The molecule has 106 valence electrons. The van der Waals surface area contributed by atoms with Crippen LogP contribution >= 0.6 is 0 Å². The summed E-state index contributed by atoms with van der Waals surface area (Å²) in [7, 11) is 1.44. The number of aromatic nitrogens is 2. The Morgan fingerprint density at radius 3 is 2.60 bits per heavy atom. The lowest BCUT2D eigenvalue weighted by Gasteiger charge is -2.14. The van der Waals surface area contributed by atoms with Crippen LogP contribution in [-0.4, -0.2) is 9.13 Å². The summed E-state index contributed by atoms with van der Waals surface area (Å²) >= 11 is 0. The van der Waals surface area contributed by atoms with E-state index in [1.165, 1.54) is 19.4 Å². The number of hydrogen-bond acceptors (Lipinski definition) is 3. The number of hydrogen-bond donors (Lipinski definition) is 1. The van der Waals surface area contributed by atoms with Crippen LogP contribution in [-0.2, 0) is 13.6 Å². The van der Waals surface area contributed by atoms with Gasteiger partial charge in [-0.05, 0) is 18.2 Å². The van der Waals surface area contributed by atoms with Crippen LogP contribution < -0.4 is 16.9 Å². The summed E-state index contributed by atoms with van der Waals surface area (Å²) in [6.07, 6.45) is 2.78. The van der Waals surface area contributed by atoms with E-state index in [1.807, 2.05) is 0 Å². The molecule has 1 aromatic carbocycles. The number of nitrogens with two attached hydrogens (primary N) is 1. The van der Waals surface area contributed by atoms with Gasteiger partial charge in [0.15, 0.2) is 0 Å². The van der Waals surface area contributed by atoms with Crippen LogP contribution in [0.15, 0.2) is 40.2 Å². The van der Waals surface area contributed by atoms with E-state index in [-0.39, 0.29) is 12.1 Å². The van der Waals surface area contributed by atoms with Crippen molar-refractivity contribution >= 4 is 0 Å². The van der Waals surface area contributed by atoms with Crippen LogP contribution in [0.3, 0.4) is 0 Å². The molecule has 5 nitrogen and oxygen atoms in total. The monoisotopic (exact) mass is 281 g/mol. The lowest BCUT2D eigenvalue weighted by molar-refractivity contribution is 0.509. The van der Waals surface area contributed by atoms with Crippen molar-refractivity contribution in [2.45, 2.75) is 12.6 Å². The third-order valence-corrected chi connectivity index (χ3v) is 2.99. The first-order valence-electron chi connectivity index (χ1n) is 5.86. The Morgan fingerprint density at radius 1 is 1.20 bits per heavy atom. The molecule has 0 radical (unpaired) electrons. The molecule has 1 atom stereocenters. The zero-order valence-corrected chi connectivity index (χ0v) is 10.7. The van der Waals surface area contributed by atoms with Crippen molar-refractivity contribution < 1.29 is 8.78 Å². The second kappa shape index (κ2) is 5.38. The third kappa shape index (κ3) is 2.67. The molecule has 0 aliphatic rings. The zero-order valence-electron chi connectivity index (χ0n) is 10.7. The second-order valence-corrected chi connectivity index (χ2v) is 4.44. The summed E-state index contributed by atoms with van der Waals surface area (Å²) in [5, 5.41) is 0. The van der Waals surface area contributed by atoms with Crippen LogP contribution in [0, 0.1) is 11.6 Å². The van der Waals surface area contributed by atoms with Gasteiger partial charge in [0.25, 0.3) is 0 Å². The normalized spacial score (nSPS) is 12.4. The summed E-state index contributed by atoms with van der Waals surface area (Å²) in [4.78, 5) is 23.2. The molecule has 0 fully saturated rings. The topological polar surface area (TPSA) is 70.0 Å². The molecule has 0 saturated carbocycles. The Balaban J connectivity index is 2.35. The van der Waals surface area contributed by atoms with Crippen LogP contribution in [0.25, 0.3) is 0 Å². The minimum atomic E-state index is -0.935. The van der Waals surface area contributed by atoms with E-state index < -0.39 is 28.8 Å². The molecule has 20 heavy (non-hydrogen) atoms. The van der Waals surface area contributed by atoms with E-state index in [0.717, 1.165) is 27.3 Å². The van der Waals surface area contributed by atoms with E-state index in [4.69, 9.17) is 5.73 Å². The maximum absolute atomic E-state index is 13.6. The molecule has 1 heterocycles. The summed E-state index contributed by atoms with van der Waals surface area (Å²) in [6, 6.07) is 2.00. The standard InChI is InChI=1S/C13H13F2N3O2/c1-17-4-5-18(13(20)12(17)19)7-11(16)9-6-8(14)2-3-10(9)15/h2-6,11H,7,16H2,1H3. The Bertz CT molecular complexity index is 752. The van der Waals surface area contributed by atoms with E-state index in [2.05, 4.69) is 0 Å². The molecule has 0 bridgehead atoms. The van der Waals surface area contributed by atoms with Gasteiger partial charge in [0.2, 0.25) is 0 Å². The molecule has 1 aromatic heterocycles. The van der Waals surface area contributed by atoms with Crippen molar-refractivity contribution in [2.24, 2.45) is 12.8 Å². The predicted molar refractivity (Wildman–Crippen MR) is 69.2 cm³/mol. The van der Waals surface area contributed by atoms with Gasteiger partial charge in [0, 0.05) is 31.5 Å². The number of aryl methyl sites for hydroxylation is 1. The summed E-state index contributed by atoms with van der Waals surface area (Å²) in [6.45, 7) is -0.116. The Morgan fingerprint density at radius 2 is 1.90 bits per heavy atom. The van der Waals surface area contributed by atoms with Gasteiger partial charge < -0.3 is 14.9 Å². The minimum absolute atomic E-state index is 0.0439. The van der Waals surface area contributed by atoms with Gasteiger partial charge in [-0.15, -0.1) is 0 Å². The molecule has 2 N–H and O–H groups in total. The first-order chi connectivity index (χ1) is 9.40. The molecule has 0 spiro atoms. The van der Waals surface area contributed by atoms with Crippen molar-refractivity contribution in [3.63, 3.8) is 0 Å². The van der Waals surface area contributed by atoms with Crippen molar-refractivity contribution in [1.82, 2.24) is 9.13 Å². The highest BCUT2D eigenvalue weighted by Crippen LogP contribution is 2.17. The third-order valence-electron chi connectivity index (χ3n) is 2.99. The van der Waals surface area contributed by atoms with Gasteiger partial charge in [0.1, 0.15) is 11.6 Å². The average molecular weight is 281 g/mol. The van der Waals surface area contributed by atoms with E-state index >= 15 is 0 Å². The predicted octanol–water partition coefficient (Wildman–Crippen LogP) is 0.525. The van der Waals surface area contributed by atoms with Crippen molar-refractivity contribution in [2.75, 3.05) is 0 Å². The molecule has 2 rings (SSSR count). The fraction of sp³-hybridized carbons (Fsp3) is 0.231. The molecule has 2 aromatic rings. The van der Waals surface area contributed by atoms with Gasteiger partial charge >= 0.3 is 11.1 Å². The molecule has 1 unspecified atom stereocenters. The highest BCUT2D eigenvalue weighted by atomic mass is 19.1. The smallest absolute Gasteiger partial charge is 0.316 e. The maximum atomic E-state index is 13.6. The van der Waals surface area contributed by atoms with Gasteiger partial charge in [-0.3, -0.25) is 9.59 Å². The Kier molecular flexibility index (Phi) is 3.80. The zero-order chi connectivity index (χ0) is 14.9. The molecular formula is C13H13F2N3O2. The molecule has 0 saturated heterocycles. The number of benzene rings is 1. The summed E-state index contributed by atoms with van der Waals surface area (Å²) in [5.41, 5.74) is 4.26. The first kappa shape index (κ1) is 14.1. The highest BCUT2D eigenvalue weighted by Gasteiger charge is 2.14. The number of nitrogens with zero attached hydrogens (tertiary/aromatic N) is 2. The lowest BCUT2D eigenvalue weighted by atomic mass is 10.1. The number of halogens is 2. The first-order valence-corrected chi connectivity index (χ1v) is 5.86. The van der Waals surface area contributed by atoms with Crippen molar-refractivity contribution in [3.8, 4) is 0 Å². The average Bonchev–Trinajstić information content (AvgIpc) is 2.42. The van der Waals surface area contributed by atoms with Gasteiger partial charge in [0.05, 0.1) is 6.04 Å². The molecule has 0 aliphatic carbocycles. The quantitative estimate of drug-likeness (QED) is 0.834. The second-order valence-electron chi connectivity index (χ2n) is 4.44. The highest BCUT2D eigenvalue weighted by molar-refractivity contribution is 5.22. The van der Waals surface area contributed by atoms with E-state index in [9.17, 15) is 18.4 Å². The van der Waals surface area contributed by atoms with Crippen molar-refractivity contribution in [3.05, 3.63) is 68.5 Å². The van der Waals surface area contributed by atoms with E-state index in [0.29, 0.717) is 0 Å². The molecule has 0 aliphatic heterocycles. The minimum Gasteiger partial charge on any atom is -0.322 e. The van der Waals surface area contributed by atoms with Crippen molar-refractivity contribution in [1.29, 1.82) is 0 Å². The fourth-order valence-corrected chi connectivity index (χ4v) is 1.84. The Hall–Kier alpha value is -2.28. The van der Waals surface area contributed by atoms with Gasteiger partial charge in [-0.1, -0.05) is 0 Å². The van der Waals surface area contributed by atoms with Crippen LogP contribution in [0.5, 0.6) is 0 Å². The summed E-state index contributed by atoms with van der Waals surface area (Å²) in [5.74, 6) is -1.27. The lowest BCUT2D eigenvalue weighted by Crippen LogP contribution is -2.41.